The Balaban J connectivity index is 1.44. The first-order valence-electron chi connectivity index (χ1n) is 11.0. The van der Waals surface area contributed by atoms with Crippen LogP contribution in [0.1, 0.15) is 34.5 Å². The highest BCUT2D eigenvalue weighted by Crippen LogP contribution is 2.31. The van der Waals surface area contributed by atoms with E-state index in [1.807, 2.05) is 13.0 Å². The molecule has 35 heavy (non-hydrogen) atoms. The summed E-state index contributed by atoms with van der Waals surface area (Å²) in [5.41, 5.74) is 0.307. The van der Waals surface area contributed by atoms with Crippen molar-refractivity contribution in [1.29, 1.82) is 0 Å². The van der Waals surface area contributed by atoms with Gasteiger partial charge >= 0.3 is 6.18 Å². The van der Waals surface area contributed by atoms with Crippen LogP contribution in [-0.2, 0) is 11.0 Å². The fraction of sp³-hybridized carbons (Fsp3) is 0.333. The second kappa shape index (κ2) is 9.77. The maximum Gasteiger partial charge on any atom is 0.416 e. The van der Waals surface area contributed by atoms with Gasteiger partial charge in [0.2, 0.25) is 5.91 Å². The second-order valence-corrected chi connectivity index (χ2v) is 8.31. The largest absolute Gasteiger partial charge is 0.493 e. The van der Waals surface area contributed by atoms with Crippen LogP contribution in [0, 0.1) is 12.8 Å². The zero-order chi connectivity index (χ0) is 25.2. The zero-order valence-corrected chi connectivity index (χ0v) is 19.2. The number of nitrogens with one attached hydrogen (secondary N) is 1. The number of anilines is 1. The minimum Gasteiger partial charge on any atom is -0.493 e. The Morgan fingerprint density at radius 3 is 2.54 bits per heavy atom. The maximum atomic E-state index is 13.1. The minimum absolute atomic E-state index is 0.00299. The molecular formula is C24H24F3N5O3. The summed E-state index contributed by atoms with van der Waals surface area (Å²) >= 11 is 0. The van der Waals surface area contributed by atoms with Crippen molar-refractivity contribution >= 4 is 17.6 Å². The van der Waals surface area contributed by atoms with Crippen molar-refractivity contribution < 1.29 is 27.5 Å². The Labute approximate surface area is 199 Å². The molecule has 0 unspecified atom stereocenters. The summed E-state index contributed by atoms with van der Waals surface area (Å²) in [5.74, 6) is -0.199. The molecule has 0 aliphatic carbocycles. The van der Waals surface area contributed by atoms with Gasteiger partial charge in [-0.05, 0) is 55.7 Å². The van der Waals surface area contributed by atoms with E-state index in [2.05, 4.69) is 15.4 Å². The third-order valence-corrected chi connectivity index (χ3v) is 5.86. The molecule has 11 heteroatoms. The molecule has 3 aromatic rings. The summed E-state index contributed by atoms with van der Waals surface area (Å²) in [6, 6.07) is 8.27. The number of hydrogen-bond acceptors (Lipinski definition) is 5. The van der Waals surface area contributed by atoms with E-state index >= 15 is 0 Å². The molecule has 0 radical (unpaired) electrons. The van der Waals surface area contributed by atoms with Crippen LogP contribution in [0.2, 0.25) is 0 Å². The predicted molar refractivity (Wildman–Crippen MR) is 121 cm³/mol. The van der Waals surface area contributed by atoms with Gasteiger partial charge in [0, 0.05) is 25.2 Å². The molecule has 2 amide bonds. The number of amides is 2. The Morgan fingerprint density at radius 2 is 1.89 bits per heavy atom. The van der Waals surface area contributed by atoms with E-state index in [4.69, 9.17) is 4.74 Å². The van der Waals surface area contributed by atoms with Crippen LogP contribution in [0.4, 0.5) is 19.0 Å². The number of alkyl halides is 3. The molecule has 8 nitrogen and oxygen atoms in total. The highest BCUT2D eigenvalue weighted by Gasteiger charge is 2.32. The number of methoxy groups -OCH3 is 1. The van der Waals surface area contributed by atoms with Crippen molar-refractivity contribution in [3.05, 3.63) is 65.6 Å². The number of benzene rings is 1. The molecular weight excluding hydrogens is 463 g/mol. The fourth-order valence-corrected chi connectivity index (χ4v) is 3.94. The lowest BCUT2D eigenvalue weighted by Crippen LogP contribution is -2.41. The summed E-state index contributed by atoms with van der Waals surface area (Å²) in [6.45, 7) is 2.57. The molecule has 1 aromatic carbocycles. The number of piperidine rings is 1. The van der Waals surface area contributed by atoms with E-state index < -0.39 is 17.6 Å². The van der Waals surface area contributed by atoms with Gasteiger partial charge in [0.05, 0.1) is 24.6 Å². The number of nitrogens with zero attached hydrogens (tertiary/aromatic N) is 4. The van der Waals surface area contributed by atoms with Crippen molar-refractivity contribution in [1.82, 2.24) is 19.7 Å². The fourth-order valence-electron chi connectivity index (χ4n) is 3.94. The van der Waals surface area contributed by atoms with Crippen LogP contribution in [0.15, 0.2) is 48.8 Å². The number of likely N-dealkylation sites (tertiary alicyclic amines) is 1. The van der Waals surface area contributed by atoms with Crippen molar-refractivity contribution in [3.8, 4) is 11.4 Å². The standard InChI is InChI=1S/C24H24F3N5O3/c1-15-6-9-28-20(12-15)29-22(33)16-7-10-31(11-8-16)23(34)21-19(35-2)14-32(30-21)18-5-3-4-17(13-18)24(25,26)27/h3-6,9,12-14,16H,7-8,10-11H2,1-2H3,(H,28,29,33). The molecule has 2 aromatic heterocycles. The third-order valence-electron chi connectivity index (χ3n) is 5.86. The van der Waals surface area contributed by atoms with Crippen molar-refractivity contribution in [2.75, 3.05) is 25.5 Å². The molecule has 3 heterocycles. The Kier molecular flexibility index (Phi) is 6.77. The number of ether oxygens (including phenoxy) is 1. The number of hydrogen-bond donors (Lipinski definition) is 1. The summed E-state index contributed by atoms with van der Waals surface area (Å²) in [7, 11) is 1.36. The van der Waals surface area contributed by atoms with Gasteiger partial charge in [-0.3, -0.25) is 9.59 Å². The quantitative estimate of drug-likeness (QED) is 0.586. The normalized spacial score (nSPS) is 14.6. The van der Waals surface area contributed by atoms with Crippen LogP contribution in [-0.4, -0.2) is 51.7 Å². The molecule has 0 bridgehead atoms. The van der Waals surface area contributed by atoms with Gasteiger partial charge in [-0.1, -0.05) is 6.07 Å². The molecule has 0 spiro atoms. The lowest BCUT2D eigenvalue weighted by Gasteiger charge is -2.30. The number of carbonyl (C=O) groups excluding carboxylic acids is 2. The third kappa shape index (κ3) is 5.44. The topological polar surface area (TPSA) is 89.4 Å². The molecule has 1 N–H and O–H groups in total. The average molecular weight is 487 g/mol. The summed E-state index contributed by atoms with van der Waals surface area (Å²) < 4.78 is 45.7. The first kappa shape index (κ1) is 24.2. The second-order valence-electron chi connectivity index (χ2n) is 8.31. The molecule has 1 saturated heterocycles. The van der Waals surface area contributed by atoms with Crippen molar-refractivity contribution in [3.63, 3.8) is 0 Å². The van der Waals surface area contributed by atoms with Crippen molar-refractivity contribution in [2.24, 2.45) is 5.92 Å². The van der Waals surface area contributed by atoms with Gasteiger partial charge in [0.1, 0.15) is 5.82 Å². The molecule has 184 valence electrons. The summed E-state index contributed by atoms with van der Waals surface area (Å²) in [6.07, 6.45) is -0.589. The predicted octanol–water partition coefficient (Wildman–Crippen LogP) is 4.09. The molecule has 4 rings (SSSR count). The first-order valence-corrected chi connectivity index (χ1v) is 11.0. The first-order chi connectivity index (χ1) is 16.7. The number of rotatable bonds is 5. The van der Waals surface area contributed by atoms with Gasteiger partial charge in [0.15, 0.2) is 11.4 Å². The number of aryl methyl sites for hydroxylation is 1. The molecule has 0 saturated carbocycles. The lowest BCUT2D eigenvalue weighted by atomic mass is 9.95. The Bertz CT molecular complexity index is 1230. The molecule has 0 atom stereocenters. The Morgan fingerprint density at radius 1 is 1.14 bits per heavy atom. The molecule has 1 aliphatic rings. The van der Waals surface area contributed by atoms with E-state index in [0.29, 0.717) is 31.7 Å². The Hall–Kier alpha value is -3.89. The van der Waals surface area contributed by atoms with Crippen LogP contribution >= 0.6 is 0 Å². The van der Waals surface area contributed by atoms with E-state index in [-0.39, 0.29) is 29.0 Å². The molecule has 1 fully saturated rings. The number of aromatic nitrogens is 3. The average Bonchev–Trinajstić information content (AvgIpc) is 3.28. The lowest BCUT2D eigenvalue weighted by molar-refractivity contribution is -0.137. The van der Waals surface area contributed by atoms with Crippen molar-refractivity contribution in [2.45, 2.75) is 25.9 Å². The van der Waals surface area contributed by atoms with Gasteiger partial charge in [-0.25, -0.2) is 9.67 Å². The SMILES string of the molecule is COc1cn(-c2cccc(C(F)(F)F)c2)nc1C(=O)N1CCC(C(=O)Nc2cc(C)ccn2)CC1. The summed E-state index contributed by atoms with van der Waals surface area (Å²) in [5, 5.41) is 7.03. The van der Waals surface area contributed by atoms with E-state index in [1.165, 1.54) is 30.1 Å². The monoisotopic (exact) mass is 487 g/mol. The number of pyridine rings is 1. The maximum absolute atomic E-state index is 13.1. The van der Waals surface area contributed by atoms with Crippen LogP contribution in [0.3, 0.4) is 0 Å². The number of carbonyl (C=O) groups is 2. The van der Waals surface area contributed by atoms with Gasteiger partial charge in [-0.15, -0.1) is 0 Å². The van der Waals surface area contributed by atoms with Gasteiger partial charge in [-0.2, -0.15) is 18.3 Å². The highest BCUT2D eigenvalue weighted by atomic mass is 19.4. The van der Waals surface area contributed by atoms with Crippen LogP contribution < -0.4 is 10.1 Å². The number of halogens is 3. The van der Waals surface area contributed by atoms with Crippen LogP contribution in [0.5, 0.6) is 5.75 Å². The van der Waals surface area contributed by atoms with E-state index in [1.54, 1.807) is 17.2 Å². The zero-order valence-electron chi connectivity index (χ0n) is 19.2. The van der Waals surface area contributed by atoms with Crippen LogP contribution in [0.25, 0.3) is 5.69 Å². The smallest absolute Gasteiger partial charge is 0.416 e. The van der Waals surface area contributed by atoms with Gasteiger partial charge < -0.3 is 15.0 Å². The molecule has 1 aliphatic heterocycles. The van der Waals surface area contributed by atoms with Gasteiger partial charge in [0.25, 0.3) is 5.91 Å². The minimum atomic E-state index is -4.50. The highest BCUT2D eigenvalue weighted by molar-refractivity contribution is 5.95. The summed E-state index contributed by atoms with van der Waals surface area (Å²) in [4.78, 5) is 31.5. The van der Waals surface area contributed by atoms with E-state index in [0.717, 1.165) is 17.7 Å². The van der Waals surface area contributed by atoms with E-state index in [9.17, 15) is 22.8 Å².